The van der Waals surface area contributed by atoms with Crippen LogP contribution in [0.25, 0.3) is 0 Å². The zero-order chi connectivity index (χ0) is 14.7. The number of aliphatic imine (C=N–C) groups is 1. The molecule has 0 aromatic rings. The average Bonchev–Trinajstić information content (AvgIpc) is 3.08. The van der Waals surface area contributed by atoms with E-state index in [1.165, 1.54) is 6.42 Å². The number of ether oxygens (including phenoxy) is 2. The molecule has 0 aliphatic carbocycles. The summed E-state index contributed by atoms with van der Waals surface area (Å²) in [4.78, 5) is 4.59. The van der Waals surface area contributed by atoms with Crippen molar-refractivity contribution in [3.63, 3.8) is 0 Å². The second-order valence-corrected chi connectivity index (χ2v) is 6.39. The third-order valence-corrected chi connectivity index (χ3v) is 4.73. The molecule has 3 atom stereocenters. The fraction of sp³-hybridized carbons (Fsp3) is 0.933. The lowest BCUT2D eigenvalue weighted by molar-refractivity contribution is -0.0566. The van der Waals surface area contributed by atoms with Gasteiger partial charge in [0, 0.05) is 32.6 Å². The highest BCUT2D eigenvalue weighted by Crippen LogP contribution is 2.34. The molecule has 120 valence electrons. The first-order valence-corrected chi connectivity index (χ1v) is 8.19. The predicted molar refractivity (Wildman–Crippen MR) is 80.4 cm³/mol. The van der Waals surface area contributed by atoms with E-state index in [1.54, 1.807) is 0 Å². The van der Waals surface area contributed by atoms with Crippen molar-refractivity contribution in [1.29, 1.82) is 0 Å². The molecule has 3 rings (SSSR count). The quantitative estimate of drug-likeness (QED) is 0.517. The Bertz CT molecular complexity index is 382. The topological polar surface area (TPSA) is 75.1 Å². The monoisotopic (exact) mass is 297 g/mol. The molecule has 2 bridgehead atoms. The molecular weight excluding hydrogens is 270 g/mol. The lowest BCUT2D eigenvalue weighted by Gasteiger charge is -2.31. The molecule has 3 saturated heterocycles. The zero-order valence-corrected chi connectivity index (χ0v) is 12.8. The Labute approximate surface area is 126 Å². The fourth-order valence-corrected chi connectivity index (χ4v) is 3.42. The van der Waals surface area contributed by atoms with Crippen LogP contribution in [0.5, 0.6) is 0 Å². The van der Waals surface area contributed by atoms with E-state index in [2.05, 4.69) is 22.5 Å². The van der Waals surface area contributed by atoms with Crippen molar-refractivity contribution < 1.29 is 14.6 Å². The fourth-order valence-electron chi connectivity index (χ4n) is 3.42. The van der Waals surface area contributed by atoms with Gasteiger partial charge in [-0.25, -0.2) is 0 Å². The maximum Gasteiger partial charge on any atom is 0.191 e. The summed E-state index contributed by atoms with van der Waals surface area (Å²) in [7, 11) is 0. The highest BCUT2D eigenvalue weighted by atomic mass is 16.5. The minimum Gasteiger partial charge on any atom is -0.388 e. The number of hydrogen-bond acceptors (Lipinski definition) is 4. The summed E-state index contributed by atoms with van der Waals surface area (Å²) in [5.41, 5.74) is -0.716. The number of nitrogens with zero attached hydrogens (tertiary/aromatic N) is 1. The number of fused-ring (bicyclic) bond motifs is 2. The van der Waals surface area contributed by atoms with Gasteiger partial charge < -0.3 is 25.2 Å². The lowest BCUT2D eigenvalue weighted by atomic mass is 9.94. The van der Waals surface area contributed by atoms with Crippen molar-refractivity contribution in [2.24, 2.45) is 4.99 Å². The van der Waals surface area contributed by atoms with Gasteiger partial charge in [-0.15, -0.1) is 0 Å². The third kappa shape index (κ3) is 3.67. The van der Waals surface area contributed by atoms with E-state index in [0.29, 0.717) is 50.8 Å². The number of aliphatic hydroxyl groups is 1. The van der Waals surface area contributed by atoms with Gasteiger partial charge in [0.2, 0.25) is 0 Å². The molecular formula is C15H27N3O3. The van der Waals surface area contributed by atoms with Crippen LogP contribution in [0.15, 0.2) is 4.99 Å². The summed E-state index contributed by atoms with van der Waals surface area (Å²) in [5, 5.41) is 17.2. The molecule has 0 amide bonds. The van der Waals surface area contributed by atoms with Crippen LogP contribution in [0.2, 0.25) is 0 Å². The lowest BCUT2D eigenvalue weighted by Crippen LogP contribution is -2.48. The molecule has 0 saturated carbocycles. The second-order valence-electron chi connectivity index (χ2n) is 6.39. The van der Waals surface area contributed by atoms with Crippen LogP contribution in [0.3, 0.4) is 0 Å². The van der Waals surface area contributed by atoms with E-state index >= 15 is 0 Å². The van der Waals surface area contributed by atoms with Gasteiger partial charge in [0.15, 0.2) is 5.96 Å². The SMILES string of the molecule is CCNC(=NCC1(O)CCOCC1)NC1CC2CCC1O2. The molecule has 0 aromatic carbocycles. The minimum absolute atomic E-state index is 0.324. The Morgan fingerprint density at radius 1 is 1.33 bits per heavy atom. The number of rotatable bonds is 4. The predicted octanol–water partition coefficient (Wildman–Crippen LogP) is 0.403. The maximum atomic E-state index is 10.5. The summed E-state index contributed by atoms with van der Waals surface area (Å²) in [5.74, 6) is 0.790. The van der Waals surface area contributed by atoms with Crippen LogP contribution in [0, 0.1) is 0 Å². The summed E-state index contributed by atoms with van der Waals surface area (Å²) < 4.78 is 11.2. The Kier molecular flexibility index (Phi) is 4.66. The first kappa shape index (κ1) is 15.1. The maximum absolute atomic E-state index is 10.5. The second kappa shape index (κ2) is 6.50. The van der Waals surface area contributed by atoms with E-state index in [-0.39, 0.29) is 0 Å². The first-order chi connectivity index (χ1) is 10.2. The van der Waals surface area contributed by atoms with Gasteiger partial charge >= 0.3 is 0 Å². The molecule has 3 aliphatic rings. The van der Waals surface area contributed by atoms with Gasteiger partial charge in [-0.2, -0.15) is 0 Å². The van der Waals surface area contributed by atoms with Crippen molar-refractivity contribution in [2.45, 2.75) is 62.9 Å². The molecule has 21 heavy (non-hydrogen) atoms. The summed E-state index contributed by atoms with van der Waals surface area (Å²) in [6, 6.07) is 0.353. The van der Waals surface area contributed by atoms with Crippen LogP contribution >= 0.6 is 0 Å². The average molecular weight is 297 g/mol. The number of nitrogens with one attached hydrogen (secondary N) is 2. The molecule has 3 aliphatic heterocycles. The molecule has 3 unspecified atom stereocenters. The normalized spacial score (nSPS) is 35.0. The molecule has 0 radical (unpaired) electrons. The van der Waals surface area contributed by atoms with Gasteiger partial charge in [-0.3, -0.25) is 4.99 Å². The summed E-state index contributed by atoms with van der Waals surface area (Å²) >= 11 is 0. The van der Waals surface area contributed by atoms with Crippen LogP contribution < -0.4 is 10.6 Å². The molecule has 6 nitrogen and oxygen atoms in total. The summed E-state index contributed by atoms with van der Waals surface area (Å²) in [6.45, 7) is 4.53. The first-order valence-electron chi connectivity index (χ1n) is 8.19. The standard InChI is InChI=1S/C15H27N3O3/c1-2-16-14(17-10-15(19)5-7-20-8-6-15)18-12-9-11-3-4-13(12)21-11/h11-13,19H,2-10H2,1H3,(H2,16,17,18). The van der Waals surface area contributed by atoms with Crippen LogP contribution in [-0.4, -0.2) is 61.2 Å². The van der Waals surface area contributed by atoms with Crippen molar-refractivity contribution >= 4 is 5.96 Å². The molecule has 0 spiro atoms. The van der Waals surface area contributed by atoms with E-state index in [9.17, 15) is 5.11 Å². The molecule has 3 heterocycles. The van der Waals surface area contributed by atoms with E-state index in [4.69, 9.17) is 9.47 Å². The van der Waals surface area contributed by atoms with Crippen LogP contribution in [0.1, 0.15) is 39.0 Å². The minimum atomic E-state index is -0.716. The van der Waals surface area contributed by atoms with E-state index < -0.39 is 5.60 Å². The molecule has 0 aromatic heterocycles. The van der Waals surface area contributed by atoms with Crippen molar-refractivity contribution in [2.75, 3.05) is 26.3 Å². The van der Waals surface area contributed by atoms with Crippen molar-refractivity contribution in [1.82, 2.24) is 10.6 Å². The van der Waals surface area contributed by atoms with Crippen molar-refractivity contribution in [3.05, 3.63) is 0 Å². The Hall–Kier alpha value is -0.850. The Morgan fingerprint density at radius 2 is 2.14 bits per heavy atom. The van der Waals surface area contributed by atoms with Gasteiger partial charge in [-0.1, -0.05) is 0 Å². The zero-order valence-electron chi connectivity index (χ0n) is 12.8. The smallest absolute Gasteiger partial charge is 0.191 e. The van der Waals surface area contributed by atoms with Crippen LogP contribution in [0.4, 0.5) is 0 Å². The van der Waals surface area contributed by atoms with Crippen molar-refractivity contribution in [3.8, 4) is 0 Å². The number of hydrogen-bond donors (Lipinski definition) is 3. The molecule has 3 N–H and O–H groups in total. The van der Waals surface area contributed by atoms with Gasteiger partial charge in [0.1, 0.15) is 0 Å². The van der Waals surface area contributed by atoms with E-state index in [1.807, 2.05) is 0 Å². The van der Waals surface area contributed by atoms with Crippen LogP contribution in [-0.2, 0) is 9.47 Å². The van der Waals surface area contributed by atoms with E-state index in [0.717, 1.165) is 25.3 Å². The molecule has 3 fully saturated rings. The summed E-state index contributed by atoms with van der Waals surface area (Å²) in [6.07, 6.45) is 5.47. The Morgan fingerprint density at radius 3 is 2.76 bits per heavy atom. The third-order valence-electron chi connectivity index (χ3n) is 4.73. The molecule has 6 heteroatoms. The van der Waals surface area contributed by atoms with Gasteiger partial charge in [-0.05, 0) is 26.2 Å². The number of guanidine groups is 1. The highest BCUT2D eigenvalue weighted by Gasteiger charge is 2.41. The largest absolute Gasteiger partial charge is 0.388 e. The Balaban J connectivity index is 1.56. The van der Waals surface area contributed by atoms with Gasteiger partial charge in [0.25, 0.3) is 0 Å². The highest BCUT2D eigenvalue weighted by molar-refractivity contribution is 5.80. The van der Waals surface area contributed by atoms with Gasteiger partial charge in [0.05, 0.1) is 30.4 Å².